The first kappa shape index (κ1) is 8.02. The van der Waals surface area contributed by atoms with Crippen LogP contribution in [0.15, 0.2) is 0 Å². The zero-order valence-corrected chi connectivity index (χ0v) is 7.13. The van der Waals surface area contributed by atoms with Crippen LogP contribution in [-0.2, 0) is 4.74 Å². The Bertz CT molecular complexity index is 101. The molecule has 0 radical (unpaired) electrons. The molecule has 0 aromatic carbocycles. The molecular formula is C8H17NO. The van der Waals surface area contributed by atoms with Crippen LogP contribution in [0.4, 0.5) is 0 Å². The molecule has 2 heteroatoms. The molecule has 0 spiro atoms. The lowest BCUT2D eigenvalue weighted by Crippen LogP contribution is -2.29. The van der Waals surface area contributed by atoms with E-state index in [1.54, 1.807) is 0 Å². The average molecular weight is 143 g/mol. The summed E-state index contributed by atoms with van der Waals surface area (Å²) in [7, 11) is 2.16. The van der Waals surface area contributed by atoms with Gasteiger partial charge in [0.05, 0.1) is 12.7 Å². The zero-order chi connectivity index (χ0) is 7.56. The molecule has 0 aliphatic carbocycles. The summed E-state index contributed by atoms with van der Waals surface area (Å²) < 4.78 is 5.15. The van der Waals surface area contributed by atoms with Gasteiger partial charge in [-0.1, -0.05) is 6.92 Å². The Kier molecular flexibility index (Phi) is 2.69. The molecule has 2 atom stereocenters. The van der Waals surface area contributed by atoms with Crippen LogP contribution < -0.4 is 0 Å². The highest BCUT2D eigenvalue weighted by molar-refractivity contribution is 4.75. The number of hydrogen-bond donors (Lipinski definition) is 0. The van der Waals surface area contributed by atoms with Crippen molar-refractivity contribution >= 4 is 0 Å². The molecule has 1 fully saturated rings. The Morgan fingerprint density at radius 1 is 1.70 bits per heavy atom. The van der Waals surface area contributed by atoms with Gasteiger partial charge >= 0.3 is 0 Å². The van der Waals surface area contributed by atoms with Crippen LogP contribution in [0.5, 0.6) is 0 Å². The quantitative estimate of drug-likeness (QED) is 0.548. The van der Waals surface area contributed by atoms with Gasteiger partial charge in [0.2, 0.25) is 0 Å². The first-order valence-electron chi connectivity index (χ1n) is 4.06. The van der Waals surface area contributed by atoms with Crippen LogP contribution in [0.2, 0.25) is 0 Å². The normalized spacial score (nSPS) is 27.0. The molecule has 1 aliphatic heterocycles. The predicted octanol–water partition coefficient (Wildman–Crippen LogP) is 1.12. The van der Waals surface area contributed by atoms with Crippen LogP contribution in [-0.4, -0.2) is 37.2 Å². The fourth-order valence-corrected chi connectivity index (χ4v) is 1.08. The van der Waals surface area contributed by atoms with Gasteiger partial charge in [-0.3, -0.25) is 0 Å². The Hall–Kier alpha value is -0.0800. The Morgan fingerprint density at radius 2 is 2.30 bits per heavy atom. The number of hydrogen-bond acceptors (Lipinski definition) is 2. The standard InChI is InChI=1S/C8H17NO/c1-4-9(3)7(2)5-8-6-10-8/h7-8H,4-6H2,1-3H3. The molecule has 0 N–H and O–H groups in total. The maximum absolute atomic E-state index is 5.15. The van der Waals surface area contributed by atoms with Gasteiger partial charge in [0.15, 0.2) is 0 Å². The van der Waals surface area contributed by atoms with Crippen LogP contribution in [0, 0.1) is 0 Å². The van der Waals surface area contributed by atoms with Gasteiger partial charge in [-0.05, 0) is 26.9 Å². The lowest BCUT2D eigenvalue weighted by molar-refractivity contribution is 0.238. The van der Waals surface area contributed by atoms with E-state index in [0.29, 0.717) is 12.1 Å². The summed E-state index contributed by atoms with van der Waals surface area (Å²) in [6.07, 6.45) is 1.77. The maximum Gasteiger partial charge on any atom is 0.0824 e. The lowest BCUT2D eigenvalue weighted by atomic mass is 10.2. The van der Waals surface area contributed by atoms with Crippen molar-refractivity contribution in [2.24, 2.45) is 0 Å². The third kappa shape index (κ3) is 2.27. The SMILES string of the molecule is CCN(C)C(C)CC1CO1. The van der Waals surface area contributed by atoms with Gasteiger partial charge in [-0.15, -0.1) is 0 Å². The summed E-state index contributed by atoms with van der Waals surface area (Å²) in [6, 6.07) is 0.678. The summed E-state index contributed by atoms with van der Waals surface area (Å²) in [4.78, 5) is 2.35. The summed E-state index contributed by atoms with van der Waals surface area (Å²) in [5.41, 5.74) is 0. The summed E-state index contributed by atoms with van der Waals surface area (Å²) in [6.45, 7) is 6.56. The van der Waals surface area contributed by atoms with Gasteiger partial charge < -0.3 is 9.64 Å². The molecule has 10 heavy (non-hydrogen) atoms. The molecule has 2 unspecified atom stereocenters. The van der Waals surface area contributed by atoms with Crippen LogP contribution >= 0.6 is 0 Å². The maximum atomic E-state index is 5.15. The van der Waals surface area contributed by atoms with Crippen LogP contribution in [0.25, 0.3) is 0 Å². The van der Waals surface area contributed by atoms with E-state index in [1.807, 2.05) is 0 Å². The molecule has 0 aromatic rings. The van der Waals surface area contributed by atoms with Gasteiger partial charge in [0, 0.05) is 6.04 Å². The molecule has 1 heterocycles. The van der Waals surface area contributed by atoms with Crippen molar-refractivity contribution in [2.45, 2.75) is 32.4 Å². The molecule has 1 saturated heterocycles. The monoisotopic (exact) mass is 143 g/mol. The van der Waals surface area contributed by atoms with Crippen molar-refractivity contribution in [2.75, 3.05) is 20.2 Å². The second-order valence-electron chi connectivity index (χ2n) is 3.11. The van der Waals surface area contributed by atoms with E-state index >= 15 is 0 Å². The average Bonchev–Trinajstić information content (AvgIpc) is 2.70. The van der Waals surface area contributed by atoms with E-state index < -0.39 is 0 Å². The van der Waals surface area contributed by atoms with Crippen molar-refractivity contribution in [1.29, 1.82) is 0 Å². The van der Waals surface area contributed by atoms with E-state index in [0.717, 1.165) is 13.2 Å². The largest absolute Gasteiger partial charge is 0.373 e. The third-order valence-corrected chi connectivity index (χ3v) is 2.26. The molecule has 0 amide bonds. The Labute approximate surface area is 63.2 Å². The highest BCUT2D eigenvalue weighted by Crippen LogP contribution is 2.17. The molecule has 0 bridgehead atoms. The lowest BCUT2D eigenvalue weighted by Gasteiger charge is -2.21. The number of epoxide rings is 1. The predicted molar refractivity (Wildman–Crippen MR) is 42.1 cm³/mol. The van der Waals surface area contributed by atoms with Crippen molar-refractivity contribution in [1.82, 2.24) is 4.90 Å². The van der Waals surface area contributed by atoms with Crippen molar-refractivity contribution < 1.29 is 4.74 Å². The minimum absolute atomic E-state index is 0.573. The smallest absolute Gasteiger partial charge is 0.0824 e. The van der Waals surface area contributed by atoms with Gasteiger partial charge in [0.25, 0.3) is 0 Å². The first-order valence-corrected chi connectivity index (χ1v) is 4.06. The molecule has 1 aliphatic rings. The number of ether oxygens (including phenoxy) is 1. The Morgan fingerprint density at radius 3 is 2.70 bits per heavy atom. The Balaban J connectivity index is 2.11. The van der Waals surface area contributed by atoms with E-state index in [-0.39, 0.29) is 0 Å². The molecule has 1 rings (SSSR count). The summed E-state index contributed by atoms with van der Waals surface area (Å²) >= 11 is 0. The fourth-order valence-electron chi connectivity index (χ4n) is 1.08. The van der Waals surface area contributed by atoms with E-state index in [4.69, 9.17) is 4.74 Å². The van der Waals surface area contributed by atoms with Crippen LogP contribution in [0.3, 0.4) is 0 Å². The molecular weight excluding hydrogens is 126 g/mol. The molecule has 0 saturated carbocycles. The second kappa shape index (κ2) is 3.35. The highest BCUT2D eigenvalue weighted by Gasteiger charge is 2.25. The van der Waals surface area contributed by atoms with Gasteiger partial charge in [-0.2, -0.15) is 0 Å². The van der Waals surface area contributed by atoms with E-state index in [9.17, 15) is 0 Å². The summed E-state index contributed by atoms with van der Waals surface area (Å²) in [5, 5.41) is 0. The number of rotatable bonds is 4. The van der Waals surface area contributed by atoms with E-state index in [1.165, 1.54) is 6.42 Å². The highest BCUT2D eigenvalue weighted by atomic mass is 16.6. The topological polar surface area (TPSA) is 15.8 Å². The molecule has 0 aromatic heterocycles. The second-order valence-corrected chi connectivity index (χ2v) is 3.11. The van der Waals surface area contributed by atoms with E-state index in [2.05, 4.69) is 25.8 Å². The van der Waals surface area contributed by atoms with Crippen molar-refractivity contribution in [3.63, 3.8) is 0 Å². The summed E-state index contributed by atoms with van der Waals surface area (Å²) in [5.74, 6) is 0. The first-order chi connectivity index (χ1) is 4.74. The molecule has 2 nitrogen and oxygen atoms in total. The minimum atomic E-state index is 0.573. The fraction of sp³-hybridized carbons (Fsp3) is 1.00. The molecule has 60 valence electrons. The van der Waals surface area contributed by atoms with Gasteiger partial charge in [0.1, 0.15) is 0 Å². The zero-order valence-electron chi connectivity index (χ0n) is 7.13. The third-order valence-electron chi connectivity index (χ3n) is 2.26. The van der Waals surface area contributed by atoms with Gasteiger partial charge in [-0.25, -0.2) is 0 Å². The minimum Gasteiger partial charge on any atom is -0.373 e. The van der Waals surface area contributed by atoms with Crippen LogP contribution in [0.1, 0.15) is 20.3 Å². The van der Waals surface area contributed by atoms with Crippen molar-refractivity contribution in [3.8, 4) is 0 Å². The van der Waals surface area contributed by atoms with Crippen molar-refractivity contribution in [3.05, 3.63) is 0 Å². The number of nitrogens with zero attached hydrogens (tertiary/aromatic N) is 1.